The van der Waals surface area contributed by atoms with E-state index in [1.54, 1.807) is 23.5 Å². The molecule has 0 atom stereocenters. The highest BCUT2D eigenvalue weighted by molar-refractivity contribution is 7.13. The minimum absolute atomic E-state index is 0.736. The molecule has 0 aliphatic carbocycles. The van der Waals surface area contributed by atoms with Crippen molar-refractivity contribution in [3.05, 3.63) is 70.2 Å². The van der Waals surface area contributed by atoms with E-state index in [1.807, 2.05) is 12.1 Å². The van der Waals surface area contributed by atoms with Gasteiger partial charge in [-0.1, -0.05) is 30.3 Å². The average molecular weight is 270 g/mol. The number of carbonyl (C=O) groups is 1. The Hall–Kier alpha value is -1.71. The van der Waals surface area contributed by atoms with Crippen LogP contribution in [0.2, 0.25) is 0 Å². The highest BCUT2D eigenvalue weighted by Gasteiger charge is 1.94. The van der Waals surface area contributed by atoms with Crippen LogP contribution in [0, 0.1) is 10.8 Å². The summed E-state index contributed by atoms with van der Waals surface area (Å²) in [5, 5.41) is 5.86. The fourth-order valence-corrected chi connectivity index (χ4v) is 2.42. The summed E-state index contributed by atoms with van der Waals surface area (Å²) in [6, 6.07) is 17.9. The fraction of sp³-hybridized carbons (Fsp3) is 0. The van der Waals surface area contributed by atoms with Crippen LogP contribution in [0.15, 0.2) is 54.6 Å². The van der Waals surface area contributed by atoms with Crippen molar-refractivity contribution in [3.63, 3.8) is 0 Å². The fourth-order valence-electron chi connectivity index (χ4n) is 1.31. The van der Waals surface area contributed by atoms with Crippen LogP contribution in [0.1, 0.15) is 9.67 Å². The van der Waals surface area contributed by atoms with Crippen LogP contribution in [0.3, 0.4) is 0 Å². The van der Waals surface area contributed by atoms with Crippen LogP contribution in [0.25, 0.3) is 10.4 Å². The molecule has 0 N–H and O–H groups in total. The van der Waals surface area contributed by atoms with Crippen LogP contribution >= 0.6 is 22.7 Å². The molecule has 3 aromatic rings. The summed E-state index contributed by atoms with van der Waals surface area (Å²) in [5.74, 6) is 0. The van der Waals surface area contributed by atoms with E-state index >= 15 is 0 Å². The molecule has 0 unspecified atom stereocenters. The van der Waals surface area contributed by atoms with Gasteiger partial charge >= 0.3 is 0 Å². The lowest BCUT2D eigenvalue weighted by Gasteiger charge is -1.93. The molecule has 0 amide bonds. The van der Waals surface area contributed by atoms with Crippen LogP contribution in [-0.4, -0.2) is 6.29 Å². The number of rotatable bonds is 2. The van der Waals surface area contributed by atoms with Crippen LogP contribution in [0.4, 0.5) is 0 Å². The maximum atomic E-state index is 9.86. The number of carbonyl (C=O) groups excluding carboxylic acids is 1. The molecule has 0 aliphatic heterocycles. The highest BCUT2D eigenvalue weighted by atomic mass is 32.1. The molecule has 1 nitrogen and oxygen atoms in total. The SMILES string of the molecule is O=Cc1cc[c]s1.[c]1ccc(-c2ccccc2)s1. The van der Waals surface area contributed by atoms with Crippen molar-refractivity contribution in [2.24, 2.45) is 0 Å². The Balaban J connectivity index is 0.000000149. The second-order valence-electron chi connectivity index (χ2n) is 3.36. The quantitative estimate of drug-likeness (QED) is 0.623. The lowest BCUT2D eigenvalue weighted by atomic mass is 10.2. The first kappa shape index (κ1) is 12.7. The molecular weight excluding hydrogens is 260 g/mol. The van der Waals surface area contributed by atoms with Gasteiger partial charge in [0.15, 0.2) is 6.29 Å². The third-order valence-electron chi connectivity index (χ3n) is 2.14. The molecule has 88 valence electrons. The van der Waals surface area contributed by atoms with Gasteiger partial charge in [0, 0.05) is 15.6 Å². The summed E-state index contributed by atoms with van der Waals surface area (Å²) in [4.78, 5) is 11.9. The molecule has 2 heterocycles. The monoisotopic (exact) mass is 270 g/mol. The maximum Gasteiger partial charge on any atom is 0.160 e. The summed E-state index contributed by atoms with van der Waals surface area (Å²) in [7, 11) is 0. The lowest BCUT2D eigenvalue weighted by molar-refractivity contribution is 0.112. The predicted octanol–water partition coefficient (Wildman–Crippen LogP) is 4.58. The van der Waals surface area contributed by atoms with E-state index in [1.165, 1.54) is 21.8 Å². The smallest absolute Gasteiger partial charge is 0.160 e. The van der Waals surface area contributed by atoms with Gasteiger partial charge in [-0.2, -0.15) is 0 Å². The molecule has 0 aliphatic rings. The van der Waals surface area contributed by atoms with Crippen molar-refractivity contribution in [2.75, 3.05) is 0 Å². The molecule has 0 saturated carbocycles. The van der Waals surface area contributed by atoms with Crippen molar-refractivity contribution in [3.8, 4) is 10.4 Å². The molecule has 0 spiro atoms. The van der Waals surface area contributed by atoms with Gasteiger partial charge in [0.2, 0.25) is 0 Å². The molecule has 3 heteroatoms. The van der Waals surface area contributed by atoms with Gasteiger partial charge < -0.3 is 0 Å². The topological polar surface area (TPSA) is 17.1 Å². The van der Waals surface area contributed by atoms with Crippen molar-refractivity contribution in [1.82, 2.24) is 0 Å². The van der Waals surface area contributed by atoms with E-state index in [2.05, 4.69) is 41.1 Å². The third-order valence-corrected chi connectivity index (χ3v) is 3.71. The normalized spacial score (nSPS) is 9.33. The maximum absolute atomic E-state index is 9.86. The minimum Gasteiger partial charge on any atom is -0.297 e. The zero-order valence-corrected chi connectivity index (χ0v) is 11.1. The Morgan fingerprint density at radius 2 is 1.61 bits per heavy atom. The van der Waals surface area contributed by atoms with Crippen LogP contribution < -0.4 is 0 Å². The molecule has 2 radical (unpaired) electrons. The largest absolute Gasteiger partial charge is 0.297 e. The van der Waals surface area contributed by atoms with Gasteiger partial charge in [0.25, 0.3) is 0 Å². The molecule has 18 heavy (non-hydrogen) atoms. The van der Waals surface area contributed by atoms with Gasteiger partial charge in [-0.3, -0.25) is 4.79 Å². The van der Waals surface area contributed by atoms with Crippen LogP contribution in [-0.2, 0) is 0 Å². The Kier molecular flexibility index (Phi) is 4.88. The average Bonchev–Trinajstić information content (AvgIpc) is 3.14. The third kappa shape index (κ3) is 3.65. The summed E-state index contributed by atoms with van der Waals surface area (Å²) < 4.78 is 0. The van der Waals surface area contributed by atoms with E-state index in [4.69, 9.17) is 0 Å². The van der Waals surface area contributed by atoms with Crippen LogP contribution in [0.5, 0.6) is 0 Å². The number of thiophene rings is 2. The zero-order chi connectivity index (χ0) is 12.6. The lowest BCUT2D eigenvalue weighted by Crippen LogP contribution is -1.67. The Labute approximate surface area is 114 Å². The van der Waals surface area contributed by atoms with Gasteiger partial charge in [-0.25, -0.2) is 0 Å². The summed E-state index contributed by atoms with van der Waals surface area (Å²) in [5.41, 5.74) is 1.28. The van der Waals surface area contributed by atoms with Crippen molar-refractivity contribution in [1.29, 1.82) is 0 Å². The number of hydrogen-bond acceptors (Lipinski definition) is 3. The minimum atomic E-state index is 0.736. The number of aldehydes is 1. The molecule has 0 fully saturated rings. The zero-order valence-electron chi connectivity index (χ0n) is 9.50. The second-order valence-corrected chi connectivity index (χ2v) is 5.15. The van der Waals surface area contributed by atoms with E-state index in [0.29, 0.717) is 0 Å². The Morgan fingerprint density at radius 1 is 0.889 bits per heavy atom. The van der Waals surface area contributed by atoms with Gasteiger partial charge in [0.1, 0.15) is 0 Å². The summed E-state index contributed by atoms with van der Waals surface area (Å²) in [6.45, 7) is 0. The predicted molar refractivity (Wildman–Crippen MR) is 77.1 cm³/mol. The van der Waals surface area contributed by atoms with Gasteiger partial charge in [-0.15, -0.1) is 22.7 Å². The highest BCUT2D eigenvalue weighted by Crippen LogP contribution is 2.22. The standard InChI is InChI=1S/C10H7S.C5H3OS/c1-2-5-9(6-3-1)10-7-4-8-11-10;6-4-5-2-1-3-7-5/h1-7H;1-2,4H. The molecule has 1 aromatic carbocycles. The molecule has 0 bridgehead atoms. The first-order valence-electron chi connectivity index (χ1n) is 5.32. The van der Waals surface area contributed by atoms with Gasteiger partial charge in [0.05, 0.1) is 4.88 Å². The molecule has 3 rings (SSSR count). The van der Waals surface area contributed by atoms with Crippen molar-refractivity contribution < 1.29 is 4.79 Å². The summed E-state index contributed by atoms with van der Waals surface area (Å²) >= 11 is 2.98. The van der Waals surface area contributed by atoms with Crippen molar-refractivity contribution in [2.45, 2.75) is 0 Å². The van der Waals surface area contributed by atoms with E-state index in [-0.39, 0.29) is 0 Å². The first-order valence-corrected chi connectivity index (χ1v) is 6.96. The molecule has 0 saturated heterocycles. The van der Waals surface area contributed by atoms with Gasteiger partial charge in [-0.05, 0) is 29.8 Å². The summed E-state index contributed by atoms with van der Waals surface area (Å²) in [6.07, 6.45) is 0.821. The first-order chi connectivity index (χ1) is 8.90. The van der Waals surface area contributed by atoms with E-state index < -0.39 is 0 Å². The number of hydrogen-bond donors (Lipinski definition) is 0. The van der Waals surface area contributed by atoms with Crippen molar-refractivity contribution >= 4 is 29.0 Å². The Morgan fingerprint density at radius 3 is 2.11 bits per heavy atom. The number of benzene rings is 1. The second kappa shape index (κ2) is 6.89. The van der Waals surface area contributed by atoms with E-state index in [0.717, 1.165) is 11.2 Å². The molecular formula is C15H10OS2. The Bertz CT molecular complexity index is 554. The molecule has 2 aromatic heterocycles. The van der Waals surface area contributed by atoms with E-state index in [9.17, 15) is 4.79 Å².